The molecule has 1 atom stereocenters. The van der Waals surface area contributed by atoms with Crippen LogP contribution in [0.2, 0.25) is 0 Å². The number of nitrogens with one attached hydrogen (secondary N) is 1. The molecule has 1 amide bonds. The number of benzene rings is 3. The van der Waals surface area contributed by atoms with E-state index in [1.165, 1.54) is 12.1 Å². The third kappa shape index (κ3) is 7.15. The third-order valence-corrected chi connectivity index (χ3v) is 6.78. The van der Waals surface area contributed by atoms with Gasteiger partial charge in [0.1, 0.15) is 11.6 Å². The number of amides is 1. The van der Waals surface area contributed by atoms with Crippen molar-refractivity contribution in [2.45, 2.75) is 51.7 Å². The number of aliphatic hydroxyl groups is 1. The van der Waals surface area contributed by atoms with Gasteiger partial charge in [-0.3, -0.25) is 14.4 Å². The summed E-state index contributed by atoms with van der Waals surface area (Å²) in [5.41, 5.74) is 4.57. The Morgan fingerprint density at radius 2 is 1.46 bits per heavy atom. The normalized spacial score (nSPS) is 11.8. The lowest BCUT2D eigenvalue weighted by Gasteiger charge is -2.17. The molecule has 1 aromatic heterocycles. The van der Waals surface area contributed by atoms with Gasteiger partial charge in [-0.25, -0.2) is 4.39 Å². The largest absolute Gasteiger partial charge is 0.481 e. The molecular weight excluding hydrogens is 523 g/mol. The van der Waals surface area contributed by atoms with Crippen molar-refractivity contribution in [3.63, 3.8) is 0 Å². The summed E-state index contributed by atoms with van der Waals surface area (Å²) in [6.45, 7) is 4.11. The van der Waals surface area contributed by atoms with Gasteiger partial charge in [-0.15, -0.1) is 0 Å². The van der Waals surface area contributed by atoms with Crippen LogP contribution in [0.25, 0.3) is 22.4 Å². The predicted octanol–water partition coefficient (Wildman–Crippen LogP) is 6.52. The van der Waals surface area contributed by atoms with Crippen LogP contribution in [0.15, 0.2) is 84.9 Å². The van der Waals surface area contributed by atoms with Crippen molar-refractivity contribution in [3.8, 4) is 22.4 Å². The number of nitrogens with zero attached hydrogens (tertiary/aromatic N) is 1. The van der Waals surface area contributed by atoms with Gasteiger partial charge in [0.05, 0.1) is 23.8 Å². The molecule has 4 rings (SSSR count). The van der Waals surface area contributed by atoms with Crippen LogP contribution >= 0.6 is 0 Å². The zero-order chi connectivity index (χ0) is 29.5. The van der Waals surface area contributed by atoms with Crippen LogP contribution in [0.5, 0.6) is 0 Å². The quantitative estimate of drug-likeness (QED) is 0.184. The van der Waals surface area contributed by atoms with Gasteiger partial charge in [-0.05, 0) is 53.4 Å². The van der Waals surface area contributed by atoms with Crippen molar-refractivity contribution < 1.29 is 29.0 Å². The fourth-order valence-electron chi connectivity index (χ4n) is 5.08. The smallest absolute Gasteiger partial charge is 0.305 e. The number of carboxylic acids is 1. The minimum absolute atomic E-state index is 0.00719. The number of halogens is 1. The summed E-state index contributed by atoms with van der Waals surface area (Å²) in [6, 6.07) is 24.6. The number of rotatable bonds is 12. The summed E-state index contributed by atoms with van der Waals surface area (Å²) in [6.07, 6.45) is -2.08. The van der Waals surface area contributed by atoms with Gasteiger partial charge >= 0.3 is 5.97 Å². The van der Waals surface area contributed by atoms with Crippen molar-refractivity contribution in [3.05, 3.63) is 102 Å². The van der Waals surface area contributed by atoms with E-state index in [9.17, 15) is 23.9 Å². The Balaban J connectivity index is 1.90. The highest BCUT2D eigenvalue weighted by Crippen LogP contribution is 2.42. The SMILES string of the molecule is CC(C)c1c(C(=O)Nc2ccccc2)c(-c2ccccc2)c(-c2ccc(F)cc2)n1CCC(=O)CC(O)CC(=O)O. The molecule has 3 N–H and O–H groups in total. The molecular formula is C33H33FN2O5. The molecule has 0 aliphatic carbocycles. The van der Waals surface area contributed by atoms with Crippen molar-refractivity contribution in [1.29, 1.82) is 0 Å². The maximum absolute atomic E-state index is 14.0. The minimum Gasteiger partial charge on any atom is -0.481 e. The second-order valence-electron chi connectivity index (χ2n) is 10.2. The number of aliphatic hydroxyl groups excluding tert-OH is 1. The van der Waals surface area contributed by atoms with Gasteiger partial charge < -0.3 is 20.1 Å². The Bertz CT molecular complexity index is 1510. The summed E-state index contributed by atoms with van der Waals surface area (Å²) < 4.78 is 15.9. The second kappa shape index (κ2) is 13.2. The molecule has 4 aromatic rings. The Labute approximate surface area is 238 Å². The number of aromatic nitrogens is 1. The van der Waals surface area contributed by atoms with Crippen molar-refractivity contribution in [2.24, 2.45) is 0 Å². The van der Waals surface area contributed by atoms with Crippen molar-refractivity contribution in [1.82, 2.24) is 4.57 Å². The summed E-state index contributed by atoms with van der Waals surface area (Å²) in [4.78, 5) is 37.8. The molecule has 3 aromatic carbocycles. The van der Waals surface area contributed by atoms with E-state index >= 15 is 0 Å². The first-order chi connectivity index (χ1) is 19.7. The monoisotopic (exact) mass is 556 g/mol. The number of para-hydroxylation sites is 1. The van der Waals surface area contributed by atoms with Crippen LogP contribution < -0.4 is 5.32 Å². The van der Waals surface area contributed by atoms with Crippen LogP contribution in [0.3, 0.4) is 0 Å². The number of aliphatic carboxylic acids is 1. The van der Waals surface area contributed by atoms with Crippen LogP contribution in [-0.2, 0) is 16.1 Å². The van der Waals surface area contributed by atoms with E-state index in [4.69, 9.17) is 5.11 Å². The number of Topliss-reactive ketones (excluding diaryl/α,β-unsaturated/α-hetero) is 1. The number of hydrogen-bond donors (Lipinski definition) is 3. The first-order valence-corrected chi connectivity index (χ1v) is 13.5. The van der Waals surface area contributed by atoms with E-state index in [1.807, 2.05) is 66.9 Å². The lowest BCUT2D eigenvalue weighted by molar-refractivity contribution is -0.139. The zero-order valence-electron chi connectivity index (χ0n) is 23.0. The average molecular weight is 557 g/mol. The van der Waals surface area contributed by atoms with E-state index < -0.39 is 24.3 Å². The molecule has 41 heavy (non-hydrogen) atoms. The molecule has 0 fully saturated rings. The first-order valence-electron chi connectivity index (χ1n) is 13.5. The molecule has 0 bridgehead atoms. The van der Waals surface area contributed by atoms with E-state index in [-0.39, 0.29) is 37.0 Å². The highest BCUT2D eigenvalue weighted by atomic mass is 19.1. The highest BCUT2D eigenvalue weighted by molar-refractivity contribution is 6.12. The standard InChI is InChI=1S/C33H33FN2O5/c1-21(2)31-30(33(41)35-25-11-7-4-8-12-25)29(22-9-5-3-6-10-22)32(23-13-15-24(34)16-14-23)36(31)18-17-26(37)19-27(38)20-28(39)40/h3-16,21,27,38H,17-20H2,1-2H3,(H,35,41)(H,39,40). The molecule has 7 nitrogen and oxygen atoms in total. The summed E-state index contributed by atoms with van der Waals surface area (Å²) in [5, 5.41) is 22.0. The maximum Gasteiger partial charge on any atom is 0.305 e. The van der Waals surface area contributed by atoms with Crippen LogP contribution in [0.1, 0.15) is 55.1 Å². The lowest BCUT2D eigenvalue weighted by Crippen LogP contribution is -2.19. The van der Waals surface area contributed by atoms with Crippen LogP contribution in [-0.4, -0.2) is 38.5 Å². The van der Waals surface area contributed by atoms with Gasteiger partial charge in [-0.2, -0.15) is 0 Å². The third-order valence-electron chi connectivity index (χ3n) is 6.78. The Morgan fingerprint density at radius 3 is 2.05 bits per heavy atom. The number of hydrogen-bond acceptors (Lipinski definition) is 4. The van der Waals surface area contributed by atoms with Crippen molar-refractivity contribution in [2.75, 3.05) is 5.32 Å². The van der Waals surface area contributed by atoms with Crippen LogP contribution in [0, 0.1) is 5.82 Å². The number of anilines is 1. The van der Waals surface area contributed by atoms with Gasteiger partial charge in [0.15, 0.2) is 0 Å². The van der Waals surface area contributed by atoms with Gasteiger partial charge in [0.2, 0.25) is 0 Å². The maximum atomic E-state index is 14.0. The Kier molecular flexibility index (Phi) is 9.47. The van der Waals surface area contributed by atoms with E-state index in [0.29, 0.717) is 33.8 Å². The highest BCUT2D eigenvalue weighted by Gasteiger charge is 2.30. The molecule has 1 unspecified atom stereocenters. The topological polar surface area (TPSA) is 109 Å². The zero-order valence-corrected chi connectivity index (χ0v) is 23.0. The molecule has 0 aliphatic heterocycles. The van der Waals surface area contributed by atoms with E-state index in [0.717, 1.165) is 5.56 Å². The van der Waals surface area contributed by atoms with Crippen LogP contribution in [0.4, 0.5) is 10.1 Å². The lowest BCUT2D eigenvalue weighted by atomic mass is 9.94. The molecule has 0 aliphatic rings. The predicted molar refractivity (Wildman–Crippen MR) is 156 cm³/mol. The molecule has 0 saturated heterocycles. The molecule has 0 spiro atoms. The summed E-state index contributed by atoms with van der Waals surface area (Å²) in [5.74, 6) is -2.34. The number of ketones is 1. The second-order valence-corrected chi connectivity index (χ2v) is 10.2. The van der Waals surface area contributed by atoms with Gasteiger partial charge in [-0.1, -0.05) is 62.4 Å². The first kappa shape index (κ1) is 29.4. The molecule has 0 saturated carbocycles. The molecule has 1 heterocycles. The average Bonchev–Trinajstić information content (AvgIpc) is 3.28. The van der Waals surface area contributed by atoms with Gasteiger partial charge in [0, 0.05) is 36.3 Å². The summed E-state index contributed by atoms with van der Waals surface area (Å²) in [7, 11) is 0. The Morgan fingerprint density at radius 1 is 0.854 bits per heavy atom. The van der Waals surface area contributed by atoms with Crippen molar-refractivity contribution >= 4 is 23.3 Å². The number of carbonyl (C=O) groups is 3. The fraction of sp³-hybridized carbons (Fsp3) is 0.242. The fourth-order valence-corrected chi connectivity index (χ4v) is 5.08. The number of carbonyl (C=O) groups excluding carboxylic acids is 2. The molecule has 8 heteroatoms. The van der Waals surface area contributed by atoms with Gasteiger partial charge in [0.25, 0.3) is 5.91 Å². The van der Waals surface area contributed by atoms with E-state index in [2.05, 4.69) is 5.32 Å². The van der Waals surface area contributed by atoms with E-state index in [1.54, 1.807) is 24.3 Å². The summed E-state index contributed by atoms with van der Waals surface area (Å²) >= 11 is 0. The minimum atomic E-state index is -1.28. The molecule has 212 valence electrons. The molecule has 0 radical (unpaired) electrons. The number of carboxylic acid groups (broad SMARTS) is 1. The Hall–Kier alpha value is -4.56.